The molecule has 1 amide bonds. The molecule has 2 heterocycles. The second-order valence-electron chi connectivity index (χ2n) is 7.83. The molecule has 144 valence electrons. The van der Waals surface area contributed by atoms with Crippen molar-refractivity contribution in [3.8, 4) is 11.3 Å². The molecule has 4 heteroatoms. The van der Waals surface area contributed by atoms with E-state index >= 15 is 0 Å². The molecule has 0 aliphatic carbocycles. The van der Waals surface area contributed by atoms with E-state index in [1.807, 2.05) is 60.7 Å². The third-order valence-electron chi connectivity index (χ3n) is 5.56. The summed E-state index contributed by atoms with van der Waals surface area (Å²) in [7, 11) is 0. The Bertz CT molecular complexity index is 948. The van der Waals surface area contributed by atoms with Gasteiger partial charge in [-0.05, 0) is 38.3 Å². The number of carbonyl (C=O) groups excluding carboxylic acids is 1. The van der Waals surface area contributed by atoms with Gasteiger partial charge in [0.05, 0.1) is 42.5 Å². The van der Waals surface area contributed by atoms with Gasteiger partial charge in [-0.3, -0.25) is 4.79 Å². The topological polar surface area (TPSA) is 46.4 Å². The molecular weight excluding hydrogens is 346 g/mol. The Morgan fingerprint density at radius 2 is 1.75 bits per heavy atom. The van der Waals surface area contributed by atoms with Gasteiger partial charge in [-0.2, -0.15) is 0 Å². The molecule has 4 rings (SSSR count). The van der Waals surface area contributed by atoms with Crippen molar-refractivity contribution in [2.75, 3.05) is 19.6 Å². The first-order chi connectivity index (χ1) is 13.7. The van der Waals surface area contributed by atoms with E-state index in [9.17, 15) is 4.79 Å². The maximum absolute atomic E-state index is 13.1. The summed E-state index contributed by atoms with van der Waals surface area (Å²) < 4.78 is 0. The number of quaternary nitrogens is 1. The highest BCUT2D eigenvalue weighted by Crippen LogP contribution is 2.24. The first-order valence-corrected chi connectivity index (χ1v) is 10.3. The molecule has 1 saturated heterocycles. The van der Waals surface area contributed by atoms with E-state index in [0.29, 0.717) is 5.56 Å². The molecule has 0 bridgehead atoms. The van der Waals surface area contributed by atoms with Gasteiger partial charge in [-0.15, -0.1) is 0 Å². The number of carbonyl (C=O) groups is 1. The zero-order valence-electron chi connectivity index (χ0n) is 16.4. The molecule has 3 aromatic rings. The van der Waals surface area contributed by atoms with Crippen LogP contribution < -0.4 is 10.2 Å². The number of hydrogen-bond donors (Lipinski definition) is 2. The van der Waals surface area contributed by atoms with Gasteiger partial charge in [-0.25, -0.2) is 4.98 Å². The third-order valence-corrected chi connectivity index (χ3v) is 5.56. The SMILES string of the molecule is C[C@@H](C[NH+]1CCCCC1)NC(=O)c1cc(-c2ccccc2)nc2ccccc12. The number of hydrogen-bond acceptors (Lipinski definition) is 2. The average Bonchev–Trinajstić information content (AvgIpc) is 2.74. The summed E-state index contributed by atoms with van der Waals surface area (Å²) >= 11 is 0. The average molecular weight is 375 g/mol. The van der Waals surface area contributed by atoms with Crippen LogP contribution in [0.2, 0.25) is 0 Å². The van der Waals surface area contributed by atoms with E-state index in [1.54, 1.807) is 4.90 Å². The molecule has 0 spiro atoms. The number of benzene rings is 2. The Kier molecular flexibility index (Phi) is 5.68. The normalized spacial score (nSPS) is 16.0. The highest BCUT2D eigenvalue weighted by molar-refractivity contribution is 6.07. The molecule has 2 aromatic carbocycles. The van der Waals surface area contributed by atoms with Crippen LogP contribution in [0.25, 0.3) is 22.2 Å². The largest absolute Gasteiger partial charge is 0.344 e. The first kappa shape index (κ1) is 18.6. The van der Waals surface area contributed by atoms with Crippen molar-refractivity contribution in [3.05, 3.63) is 66.2 Å². The van der Waals surface area contributed by atoms with Gasteiger partial charge in [-0.1, -0.05) is 48.5 Å². The molecule has 1 aliphatic heterocycles. The maximum atomic E-state index is 13.1. The standard InChI is InChI=1S/C24H27N3O/c1-18(17-27-14-8-3-9-15-27)25-24(28)21-16-23(19-10-4-2-5-11-19)26-22-13-7-6-12-20(21)22/h2,4-7,10-13,16,18H,3,8-9,14-15,17H2,1H3,(H,25,28)/p+1/t18-/m0/s1. The summed E-state index contributed by atoms with van der Waals surface area (Å²) in [6, 6.07) is 20.0. The smallest absolute Gasteiger partial charge is 0.252 e. The monoisotopic (exact) mass is 374 g/mol. The lowest BCUT2D eigenvalue weighted by Gasteiger charge is -2.26. The second kappa shape index (κ2) is 8.53. The summed E-state index contributed by atoms with van der Waals surface area (Å²) in [5.74, 6) is -0.0142. The van der Waals surface area contributed by atoms with Gasteiger partial charge < -0.3 is 10.2 Å². The molecule has 1 aliphatic rings. The predicted octanol–water partition coefficient (Wildman–Crippen LogP) is 3.09. The fraction of sp³-hybridized carbons (Fsp3) is 0.333. The van der Waals surface area contributed by atoms with Crippen molar-refractivity contribution >= 4 is 16.8 Å². The predicted molar refractivity (Wildman–Crippen MR) is 114 cm³/mol. The number of likely N-dealkylation sites (tertiary alicyclic amines) is 1. The summed E-state index contributed by atoms with van der Waals surface area (Å²) in [5.41, 5.74) is 3.40. The quantitative estimate of drug-likeness (QED) is 0.721. The lowest BCUT2D eigenvalue weighted by Crippen LogP contribution is -3.14. The van der Waals surface area contributed by atoms with E-state index in [2.05, 4.69) is 12.2 Å². The van der Waals surface area contributed by atoms with Crippen LogP contribution in [0.3, 0.4) is 0 Å². The van der Waals surface area contributed by atoms with Gasteiger partial charge in [0.1, 0.15) is 0 Å². The van der Waals surface area contributed by atoms with Crippen LogP contribution in [-0.4, -0.2) is 36.6 Å². The second-order valence-corrected chi connectivity index (χ2v) is 7.83. The molecule has 28 heavy (non-hydrogen) atoms. The minimum absolute atomic E-state index is 0.0142. The minimum atomic E-state index is -0.0142. The van der Waals surface area contributed by atoms with Crippen LogP contribution in [-0.2, 0) is 0 Å². The Hall–Kier alpha value is -2.72. The molecule has 1 fully saturated rings. The number of amides is 1. The number of fused-ring (bicyclic) bond motifs is 1. The molecule has 0 saturated carbocycles. The number of pyridine rings is 1. The molecule has 0 unspecified atom stereocenters. The number of nitrogens with zero attached hydrogens (tertiary/aromatic N) is 1. The van der Waals surface area contributed by atoms with Crippen molar-refractivity contribution < 1.29 is 9.69 Å². The Morgan fingerprint density at radius 1 is 1.04 bits per heavy atom. The summed E-state index contributed by atoms with van der Waals surface area (Å²) in [6.07, 6.45) is 3.94. The lowest BCUT2D eigenvalue weighted by atomic mass is 10.0. The van der Waals surface area contributed by atoms with Crippen molar-refractivity contribution in [3.63, 3.8) is 0 Å². The number of rotatable bonds is 5. The van der Waals surface area contributed by atoms with Crippen molar-refractivity contribution in [1.82, 2.24) is 10.3 Å². The fourth-order valence-electron chi connectivity index (χ4n) is 4.16. The van der Waals surface area contributed by atoms with Crippen LogP contribution in [0.15, 0.2) is 60.7 Å². The molecule has 2 N–H and O–H groups in total. The van der Waals surface area contributed by atoms with E-state index in [-0.39, 0.29) is 11.9 Å². The summed E-state index contributed by atoms with van der Waals surface area (Å²) in [4.78, 5) is 19.5. The van der Waals surface area contributed by atoms with Gasteiger partial charge in [0.25, 0.3) is 5.91 Å². The lowest BCUT2D eigenvalue weighted by molar-refractivity contribution is -0.905. The number of piperidine rings is 1. The molecular formula is C24H28N3O+. The van der Waals surface area contributed by atoms with E-state index in [1.165, 1.54) is 32.4 Å². The highest BCUT2D eigenvalue weighted by atomic mass is 16.1. The van der Waals surface area contributed by atoms with Gasteiger partial charge in [0, 0.05) is 10.9 Å². The van der Waals surface area contributed by atoms with Crippen molar-refractivity contribution in [2.24, 2.45) is 0 Å². The highest BCUT2D eigenvalue weighted by Gasteiger charge is 2.20. The Labute approximate surface area is 166 Å². The summed E-state index contributed by atoms with van der Waals surface area (Å²) in [6.45, 7) is 5.54. The Balaban J connectivity index is 1.60. The number of para-hydroxylation sites is 1. The molecule has 0 radical (unpaired) electrons. The van der Waals surface area contributed by atoms with Crippen molar-refractivity contribution in [1.29, 1.82) is 0 Å². The van der Waals surface area contributed by atoms with Crippen LogP contribution in [0.1, 0.15) is 36.5 Å². The van der Waals surface area contributed by atoms with Crippen LogP contribution in [0.4, 0.5) is 0 Å². The van der Waals surface area contributed by atoms with E-state index in [0.717, 1.165) is 28.7 Å². The van der Waals surface area contributed by atoms with Gasteiger partial charge in [0.15, 0.2) is 0 Å². The minimum Gasteiger partial charge on any atom is -0.344 e. The van der Waals surface area contributed by atoms with E-state index < -0.39 is 0 Å². The Morgan fingerprint density at radius 3 is 2.54 bits per heavy atom. The molecule has 4 nitrogen and oxygen atoms in total. The van der Waals surface area contributed by atoms with Gasteiger partial charge >= 0.3 is 0 Å². The maximum Gasteiger partial charge on any atom is 0.252 e. The van der Waals surface area contributed by atoms with E-state index in [4.69, 9.17) is 4.98 Å². The first-order valence-electron chi connectivity index (χ1n) is 10.3. The third kappa shape index (κ3) is 4.23. The summed E-state index contributed by atoms with van der Waals surface area (Å²) in [5, 5.41) is 4.13. The number of nitrogens with one attached hydrogen (secondary N) is 2. The van der Waals surface area contributed by atoms with Crippen LogP contribution >= 0.6 is 0 Å². The fourth-order valence-corrected chi connectivity index (χ4v) is 4.16. The zero-order valence-corrected chi connectivity index (χ0v) is 16.4. The molecule has 1 aromatic heterocycles. The number of aromatic nitrogens is 1. The van der Waals surface area contributed by atoms with Gasteiger partial charge in [0.2, 0.25) is 0 Å². The van der Waals surface area contributed by atoms with Crippen molar-refractivity contribution in [2.45, 2.75) is 32.2 Å². The molecule has 1 atom stereocenters. The zero-order chi connectivity index (χ0) is 19.3. The van der Waals surface area contributed by atoms with Crippen LogP contribution in [0, 0.1) is 0 Å². The van der Waals surface area contributed by atoms with Crippen LogP contribution in [0.5, 0.6) is 0 Å².